The van der Waals surface area contributed by atoms with Gasteiger partial charge >= 0.3 is 0 Å². The number of aromatic nitrogens is 1. The molecule has 3 saturated carbocycles. The molecule has 3 aliphatic carbocycles. The smallest absolute Gasteiger partial charge is 0.246 e. The highest BCUT2D eigenvalue weighted by molar-refractivity contribution is 5.90. The molecule has 0 radical (unpaired) electrons. The van der Waals surface area contributed by atoms with Gasteiger partial charge in [-0.25, -0.2) is 4.98 Å². The fourth-order valence-electron chi connectivity index (χ4n) is 8.45. The quantitative estimate of drug-likeness (QED) is 0.673. The van der Waals surface area contributed by atoms with Crippen molar-refractivity contribution in [1.82, 2.24) is 9.88 Å². The van der Waals surface area contributed by atoms with Gasteiger partial charge in [0.25, 0.3) is 0 Å². The van der Waals surface area contributed by atoms with E-state index >= 15 is 0 Å². The predicted molar refractivity (Wildman–Crippen MR) is 130 cm³/mol. The van der Waals surface area contributed by atoms with Crippen LogP contribution in [0, 0.1) is 41.4 Å². The number of pyridine rings is 1. The Morgan fingerprint density at radius 3 is 2.73 bits per heavy atom. The lowest BCUT2D eigenvalue weighted by molar-refractivity contribution is -0.141. The minimum absolute atomic E-state index is 0.0838. The van der Waals surface area contributed by atoms with E-state index in [1.807, 2.05) is 31.2 Å². The molecule has 0 bridgehead atoms. The van der Waals surface area contributed by atoms with Gasteiger partial charge in [0.15, 0.2) is 0 Å². The van der Waals surface area contributed by atoms with Gasteiger partial charge in [-0.3, -0.25) is 9.59 Å². The summed E-state index contributed by atoms with van der Waals surface area (Å²) in [5, 5.41) is 3.04. The maximum atomic E-state index is 12.9. The predicted octanol–water partition coefficient (Wildman–Crippen LogP) is 5.36. The summed E-state index contributed by atoms with van der Waals surface area (Å²) in [5.74, 6) is 3.41. The van der Waals surface area contributed by atoms with E-state index in [4.69, 9.17) is 0 Å². The number of anilines is 1. The maximum Gasteiger partial charge on any atom is 0.246 e. The minimum atomic E-state index is 0.0838. The van der Waals surface area contributed by atoms with Crippen molar-refractivity contribution >= 4 is 17.6 Å². The fraction of sp³-hybridized carbons (Fsp3) is 0.679. The lowest BCUT2D eigenvalue weighted by Crippen LogP contribution is -2.60. The number of nitrogens with zero attached hydrogens (tertiary/aromatic N) is 2. The van der Waals surface area contributed by atoms with E-state index in [1.54, 1.807) is 0 Å². The Morgan fingerprint density at radius 2 is 1.97 bits per heavy atom. The number of aryl methyl sites for hydroxylation is 1. The molecule has 2 amide bonds. The number of amides is 2. The minimum Gasteiger partial charge on any atom is -0.336 e. The van der Waals surface area contributed by atoms with Crippen LogP contribution in [-0.2, 0) is 9.59 Å². The summed E-state index contributed by atoms with van der Waals surface area (Å²) < 4.78 is 0. The van der Waals surface area contributed by atoms with Crippen LogP contribution in [0.5, 0.6) is 0 Å². The summed E-state index contributed by atoms with van der Waals surface area (Å²) in [4.78, 5) is 32.0. The molecule has 0 spiro atoms. The van der Waals surface area contributed by atoms with Crippen LogP contribution in [-0.4, -0.2) is 34.3 Å². The van der Waals surface area contributed by atoms with Gasteiger partial charge in [-0.2, -0.15) is 0 Å². The second-order valence-corrected chi connectivity index (χ2v) is 11.5. The Balaban J connectivity index is 1.31. The second kappa shape index (κ2) is 8.25. The summed E-state index contributed by atoms with van der Waals surface area (Å²) in [6.07, 6.45) is 11.8. The van der Waals surface area contributed by atoms with Crippen molar-refractivity contribution < 1.29 is 9.59 Å². The molecule has 5 rings (SSSR count). The maximum absolute atomic E-state index is 12.9. The molecule has 2 heterocycles. The molecular formula is C28H39N3O2. The fourth-order valence-corrected chi connectivity index (χ4v) is 8.45. The number of fused-ring (bicyclic) bond motifs is 5. The van der Waals surface area contributed by atoms with Crippen LogP contribution in [0.1, 0.15) is 71.4 Å². The van der Waals surface area contributed by atoms with Crippen molar-refractivity contribution in [2.24, 2.45) is 34.5 Å². The Kier molecular flexibility index (Phi) is 5.65. The first kappa shape index (κ1) is 22.6. The van der Waals surface area contributed by atoms with Crippen molar-refractivity contribution in [2.75, 3.05) is 11.9 Å². The molecule has 0 saturated heterocycles. The zero-order chi connectivity index (χ0) is 23.4. The van der Waals surface area contributed by atoms with Gasteiger partial charge in [-0.15, -0.1) is 0 Å². The number of carbonyl (C=O) groups is 2. The highest BCUT2D eigenvalue weighted by Gasteiger charge is 2.60. The van der Waals surface area contributed by atoms with Gasteiger partial charge in [0, 0.05) is 30.1 Å². The van der Waals surface area contributed by atoms with Gasteiger partial charge in [0.2, 0.25) is 11.8 Å². The first-order valence-electron chi connectivity index (χ1n) is 13.0. The first-order chi connectivity index (χ1) is 15.8. The molecule has 0 unspecified atom stereocenters. The first-order valence-corrected chi connectivity index (χ1v) is 13.0. The molecule has 7 atom stereocenters. The van der Waals surface area contributed by atoms with Crippen molar-refractivity contribution in [3.8, 4) is 0 Å². The Hall–Kier alpha value is -2.17. The average Bonchev–Trinajstić information content (AvgIpc) is 3.10. The summed E-state index contributed by atoms with van der Waals surface area (Å²) >= 11 is 0. The van der Waals surface area contributed by atoms with E-state index < -0.39 is 0 Å². The summed E-state index contributed by atoms with van der Waals surface area (Å²) in [7, 11) is 0. The van der Waals surface area contributed by atoms with Crippen molar-refractivity contribution in [1.29, 1.82) is 0 Å². The van der Waals surface area contributed by atoms with Crippen LogP contribution >= 0.6 is 0 Å². The third kappa shape index (κ3) is 3.63. The molecule has 4 aliphatic rings. The third-order valence-electron chi connectivity index (χ3n) is 10.1. The van der Waals surface area contributed by atoms with Crippen LogP contribution in [0.4, 0.5) is 5.82 Å². The van der Waals surface area contributed by atoms with E-state index in [2.05, 4.69) is 42.0 Å². The van der Waals surface area contributed by atoms with E-state index in [-0.39, 0.29) is 22.6 Å². The molecule has 1 aromatic heterocycles. The van der Waals surface area contributed by atoms with Crippen LogP contribution < -0.4 is 5.32 Å². The van der Waals surface area contributed by atoms with E-state index in [1.165, 1.54) is 25.7 Å². The normalized spacial score (nSPS) is 39.6. The van der Waals surface area contributed by atoms with Gasteiger partial charge in [0.05, 0.1) is 0 Å². The molecule has 178 valence electrons. The molecule has 1 N–H and O–H groups in total. The van der Waals surface area contributed by atoms with E-state index in [0.29, 0.717) is 42.0 Å². The topological polar surface area (TPSA) is 62.3 Å². The molecule has 1 aliphatic heterocycles. The van der Waals surface area contributed by atoms with Crippen LogP contribution in [0.3, 0.4) is 0 Å². The summed E-state index contributed by atoms with van der Waals surface area (Å²) in [5.41, 5.74) is 1.24. The molecule has 1 aromatic rings. The van der Waals surface area contributed by atoms with Crippen LogP contribution in [0.25, 0.3) is 0 Å². The SMILES string of the molecule is CCN1C(=O)C=C[C@]2(C)[C@H]3CC[C@]4(C)[C@@H](CC(=O)Nc5cccc(C)n5)CC[C@H]4[C@@H]3CC[C@@H]12. The van der Waals surface area contributed by atoms with Gasteiger partial charge in [-0.05, 0) is 99.7 Å². The van der Waals surface area contributed by atoms with Gasteiger partial charge in [-0.1, -0.05) is 26.0 Å². The lowest BCUT2D eigenvalue weighted by Gasteiger charge is -2.60. The highest BCUT2D eigenvalue weighted by atomic mass is 16.2. The molecule has 5 heteroatoms. The van der Waals surface area contributed by atoms with Gasteiger partial charge < -0.3 is 10.2 Å². The lowest BCUT2D eigenvalue weighted by atomic mass is 9.47. The number of carbonyl (C=O) groups excluding carboxylic acids is 2. The Labute approximate surface area is 198 Å². The largest absolute Gasteiger partial charge is 0.336 e. The van der Waals surface area contributed by atoms with Crippen molar-refractivity contribution in [2.45, 2.75) is 78.7 Å². The summed E-state index contributed by atoms with van der Waals surface area (Å²) in [6.45, 7) is 9.74. The molecular weight excluding hydrogens is 410 g/mol. The van der Waals surface area contributed by atoms with E-state index in [9.17, 15) is 9.59 Å². The Morgan fingerprint density at radius 1 is 1.15 bits per heavy atom. The number of hydrogen-bond acceptors (Lipinski definition) is 3. The molecule has 3 fully saturated rings. The average molecular weight is 450 g/mol. The second-order valence-electron chi connectivity index (χ2n) is 11.5. The standard InChI is InChI=1S/C28H39N3O2/c1-5-31-23-12-10-20-21-11-9-19(17-25(32)30-24-8-6-7-18(2)29-24)27(21,3)15-13-22(20)28(23,4)16-14-26(31)33/h6-8,14,16,19-23H,5,9-13,15,17H2,1-4H3,(H,29,30,32)/t19-,20+,21+,22+,23-,27-,28-/m1/s1. The molecule has 0 aromatic carbocycles. The number of rotatable bonds is 4. The Bertz CT molecular complexity index is 974. The monoisotopic (exact) mass is 449 g/mol. The number of hydrogen-bond donors (Lipinski definition) is 1. The summed E-state index contributed by atoms with van der Waals surface area (Å²) in [6, 6.07) is 6.10. The van der Waals surface area contributed by atoms with Crippen molar-refractivity contribution in [3.05, 3.63) is 36.0 Å². The number of likely N-dealkylation sites (N-methyl/N-ethyl adjacent to an activating group) is 1. The van der Waals surface area contributed by atoms with Crippen LogP contribution in [0.15, 0.2) is 30.4 Å². The zero-order valence-electron chi connectivity index (χ0n) is 20.6. The van der Waals surface area contributed by atoms with Crippen molar-refractivity contribution in [3.63, 3.8) is 0 Å². The molecule has 5 nitrogen and oxygen atoms in total. The van der Waals surface area contributed by atoms with Gasteiger partial charge in [0.1, 0.15) is 5.82 Å². The van der Waals surface area contributed by atoms with E-state index in [0.717, 1.165) is 25.1 Å². The molecule has 33 heavy (non-hydrogen) atoms. The third-order valence-corrected chi connectivity index (χ3v) is 10.1. The highest BCUT2D eigenvalue weighted by Crippen LogP contribution is 2.66. The zero-order valence-corrected chi connectivity index (χ0v) is 20.6. The number of nitrogens with one attached hydrogen (secondary N) is 1. The van der Waals surface area contributed by atoms with Crippen LogP contribution in [0.2, 0.25) is 0 Å².